The minimum Gasteiger partial charge on any atom is -0.494 e. The van der Waals surface area contributed by atoms with Crippen molar-refractivity contribution in [3.8, 4) is 5.75 Å². The molecular formula is C18H21NO. The van der Waals surface area contributed by atoms with Crippen LogP contribution in [-0.4, -0.2) is 13.2 Å². The molecule has 1 aliphatic rings. The predicted molar refractivity (Wildman–Crippen MR) is 83.6 cm³/mol. The Morgan fingerprint density at radius 2 is 1.90 bits per heavy atom. The fourth-order valence-corrected chi connectivity index (χ4v) is 2.83. The molecule has 0 saturated heterocycles. The molecule has 0 aromatic heterocycles. The lowest BCUT2D eigenvalue weighted by Crippen LogP contribution is -2.17. The van der Waals surface area contributed by atoms with Crippen LogP contribution in [0, 0.1) is 0 Å². The standard InChI is InChI=1S/C18H21NO/c1-2-13-20-15-9-7-14(8-10-15)16-11-12-19-18-6-4-3-5-17(16)18/h3-10,16,19H,2,11-13H2,1H3. The molecule has 2 heteroatoms. The van der Waals surface area contributed by atoms with Gasteiger partial charge in [0.25, 0.3) is 0 Å². The van der Waals surface area contributed by atoms with Crippen LogP contribution in [0.2, 0.25) is 0 Å². The Morgan fingerprint density at radius 3 is 2.70 bits per heavy atom. The molecule has 1 unspecified atom stereocenters. The van der Waals surface area contributed by atoms with E-state index in [4.69, 9.17) is 4.74 Å². The normalized spacial score (nSPS) is 17.1. The summed E-state index contributed by atoms with van der Waals surface area (Å²) in [5.74, 6) is 1.46. The van der Waals surface area contributed by atoms with Gasteiger partial charge in [0.15, 0.2) is 0 Å². The lowest BCUT2D eigenvalue weighted by atomic mass is 9.85. The highest BCUT2D eigenvalue weighted by Gasteiger charge is 2.20. The van der Waals surface area contributed by atoms with E-state index in [2.05, 4.69) is 60.8 Å². The SMILES string of the molecule is CCCOc1ccc(C2CCNc3ccccc32)cc1. The van der Waals surface area contributed by atoms with Crippen LogP contribution in [0.1, 0.15) is 36.8 Å². The highest BCUT2D eigenvalue weighted by Crippen LogP contribution is 2.36. The largest absolute Gasteiger partial charge is 0.494 e. The summed E-state index contributed by atoms with van der Waals surface area (Å²) in [6.45, 7) is 3.95. The van der Waals surface area contributed by atoms with E-state index >= 15 is 0 Å². The number of anilines is 1. The third kappa shape index (κ3) is 2.64. The number of para-hydroxylation sites is 1. The number of fused-ring (bicyclic) bond motifs is 1. The number of hydrogen-bond acceptors (Lipinski definition) is 2. The molecule has 1 N–H and O–H groups in total. The first kappa shape index (κ1) is 13.0. The zero-order chi connectivity index (χ0) is 13.8. The van der Waals surface area contributed by atoms with Gasteiger partial charge in [-0.25, -0.2) is 0 Å². The van der Waals surface area contributed by atoms with Crippen molar-refractivity contribution in [2.45, 2.75) is 25.7 Å². The molecule has 0 amide bonds. The molecule has 2 aromatic rings. The zero-order valence-electron chi connectivity index (χ0n) is 11.9. The Morgan fingerprint density at radius 1 is 1.10 bits per heavy atom. The third-order valence-corrected chi connectivity index (χ3v) is 3.84. The summed E-state index contributed by atoms with van der Waals surface area (Å²) in [5.41, 5.74) is 4.05. The molecular weight excluding hydrogens is 246 g/mol. The van der Waals surface area contributed by atoms with E-state index in [-0.39, 0.29) is 0 Å². The van der Waals surface area contributed by atoms with E-state index in [0.29, 0.717) is 5.92 Å². The summed E-state index contributed by atoms with van der Waals surface area (Å²) in [6, 6.07) is 17.2. The number of nitrogens with one attached hydrogen (secondary N) is 1. The first-order valence-electron chi connectivity index (χ1n) is 7.44. The van der Waals surface area contributed by atoms with Gasteiger partial charge in [-0.3, -0.25) is 0 Å². The first-order chi connectivity index (χ1) is 9.88. The average molecular weight is 267 g/mol. The molecule has 1 aliphatic heterocycles. The van der Waals surface area contributed by atoms with Crippen LogP contribution in [0.15, 0.2) is 48.5 Å². The molecule has 0 aliphatic carbocycles. The van der Waals surface area contributed by atoms with E-state index in [1.807, 2.05) is 0 Å². The van der Waals surface area contributed by atoms with Gasteiger partial charge in [0.2, 0.25) is 0 Å². The van der Waals surface area contributed by atoms with Crippen molar-refractivity contribution in [3.63, 3.8) is 0 Å². The van der Waals surface area contributed by atoms with Gasteiger partial charge in [0.1, 0.15) is 5.75 Å². The Hall–Kier alpha value is -1.96. The summed E-state index contributed by atoms with van der Waals surface area (Å²) >= 11 is 0. The smallest absolute Gasteiger partial charge is 0.119 e. The second kappa shape index (κ2) is 6.00. The van der Waals surface area contributed by atoms with Gasteiger partial charge in [-0.15, -0.1) is 0 Å². The Balaban J connectivity index is 1.83. The number of benzene rings is 2. The van der Waals surface area contributed by atoms with Crippen LogP contribution in [0.5, 0.6) is 5.75 Å². The van der Waals surface area contributed by atoms with E-state index in [9.17, 15) is 0 Å². The molecule has 1 atom stereocenters. The number of ether oxygens (including phenoxy) is 1. The maximum Gasteiger partial charge on any atom is 0.119 e. The first-order valence-corrected chi connectivity index (χ1v) is 7.44. The third-order valence-electron chi connectivity index (χ3n) is 3.84. The zero-order valence-corrected chi connectivity index (χ0v) is 11.9. The summed E-state index contributed by atoms with van der Waals surface area (Å²) in [4.78, 5) is 0. The molecule has 20 heavy (non-hydrogen) atoms. The molecule has 0 saturated carbocycles. The second-order valence-corrected chi connectivity index (χ2v) is 5.27. The van der Waals surface area contributed by atoms with Crippen molar-refractivity contribution in [1.29, 1.82) is 0 Å². The van der Waals surface area contributed by atoms with E-state index < -0.39 is 0 Å². The molecule has 0 spiro atoms. The fourth-order valence-electron chi connectivity index (χ4n) is 2.83. The monoisotopic (exact) mass is 267 g/mol. The lowest BCUT2D eigenvalue weighted by molar-refractivity contribution is 0.317. The Labute approximate surface area is 120 Å². The van der Waals surface area contributed by atoms with Crippen molar-refractivity contribution in [3.05, 3.63) is 59.7 Å². The predicted octanol–water partition coefficient (Wildman–Crippen LogP) is 4.42. The van der Waals surface area contributed by atoms with Crippen molar-refractivity contribution in [2.24, 2.45) is 0 Å². The van der Waals surface area contributed by atoms with E-state index in [1.54, 1.807) is 0 Å². The fraction of sp³-hybridized carbons (Fsp3) is 0.333. The average Bonchev–Trinajstić information content (AvgIpc) is 2.53. The molecule has 0 fully saturated rings. The highest BCUT2D eigenvalue weighted by molar-refractivity contribution is 5.57. The second-order valence-electron chi connectivity index (χ2n) is 5.27. The molecule has 104 valence electrons. The molecule has 0 radical (unpaired) electrons. The lowest BCUT2D eigenvalue weighted by Gasteiger charge is -2.27. The number of hydrogen-bond donors (Lipinski definition) is 1. The Kier molecular flexibility index (Phi) is 3.91. The van der Waals surface area contributed by atoms with Gasteiger partial charge < -0.3 is 10.1 Å². The van der Waals surface area contributed by atoms with Gasteiger partial charge in [0, 0.05) is 18.2 Å². The minimum atomic E-state index is 0.493. The summed E-state index contributed by atoms with van der Waals surface area (Å²) in [5, 5.41) is 3.48. The van der Waals surface area contributed by atoms with Crippen LogP contribution in [0.25, 0.3) is 0 Å². The van der Waals surface area contributed by atoms with Crippen LogP contribution in [0.3, 0.4) is 0 Å². The van der Waals surface area contributed by atoms with Crippen molar-refractivity contribution in [1.82, 2.24) is 0 Å². The summed E-state index contributed by atoms with van der Waals surface area (Å²) in [6.07, 6.45) is 2.19. The van der Waals surface area contributed by atoms with Gasteiger partial charge >= 0.3 is 0 Å². The Bertz CT molecular complexity index is 562. The van der Waals surface area contributed by atoms with Crippen LogP contribution in [0.4, 0.5) is 5.69 Å². The van der Waals surface area contributed by atoms with Crippen molar-refractivity contribution < 1.29 is 4.74 Å². The van der Waals surface area contributed by atoms with E-state index in [0.717, 1.165) is 31.7 Å². The molecule has 2 aromatic carbocycles. The minimum absolute atomic E-state index is 0.493. The van der Waals surface area contributed by atoms with Gasteiger partial charge in [-0.05, 0) is 42.2 Å². The number of rotatable bonds is 4. The highest BCUT2D eigenvalue weighted by atomic mass is 16.5. The maximum absolute atomic E-state index is 5.65. The van der Waals surface area contributed by atoms with Crippen LogP contribution in [-0.2, 0) is 0 Å². The maximum atomic E-state index is 5.65. The van der Waals surface area contributed by atoms with Gasteiger partial charge in [-0.1, -0.05) is 37.3 Å². The molecule has 0 bridgehead atoms. The van der Waals surface area contributed by atoms with Crippen molar-refractivity contribution in [2.75, 3.05) is 18.5 Å². The topological polar surface area (TPSA) is 21.3 Å². The molecule has 3 rings (SSSR count). The molecule has 2 nitrogen and oxygen atoms in total. The summed E-state index contributed by atoms with van der Waals surface area (Å²) < 4.78 is 5.65. The van der Waals surface area contributed by atoms with Crippen molar-refractivity contribution >= 4 is 5.69 Å². The van der Waals surface area contributed by atoms with E-state index in [1.165, 1.54) is 16.8 Å². The summed E-state index contributed by atoms with van der Waals surface area (Å²) in [7, 11) is 0. The quantitative estimate of drug-likeness (QED) is 0.885. The van der Waals surface area contributed by atoms with Gasteiger partial charge in [0.05, 0.1) is 6.61 Å². The van der Waals surface area contributed by atoms with Crippen LogP contribution >= 0.6 is 0 Å². The molecule has 1 heterocycles. The van der Waals surface area contributed by atoms with Gasteiger partial charge in [-0.2, -0.15) is 0 Å². The van der Waals surface area contributed by atoms with Crippen LogP contribution < -0.4 is 10.1 Å².